The molecule has 0 aromatic heterocycles. The summed E-state index contributed by atoms with van der Waals surface area (Å²) in [5, 5.41) is 14.4. The summed E-state index contributed by atoms with van der Waals surface area (Å²) in [6, 6.07) is 7.19. The van der Waals surface area contributed by atoms with Crippen molar-refractivity contribution in [1.82, 2.24) is 10.6 Å². The maximum Gasteiger partial charge on any atom is 0.408 e. The van der Waals surface area contributed by atoms with E-state index in [-0.39, 0.29) is 12.5 Å². The Morgan fingerprint density at radius 3 is 2.36 bits per heavy atom. The molecule has 1 aromatic carbocycles. The van der Waals surface area contributed by atoms with E-state index in [1.54, 1.807) is 20.8 Å². The van der Waals surface area contributed by atoms with Gasteiger partial charge in [-0.25, -0.2) is 4.79 Å². The van der Waals surface area contributed by atoms with Gasteiger partial charge in [0, 0.05) is 13.2 Å². The van der Waals surface area contributed by atoms with E-state index in [0.29, 0.717) is 25.8 Å². The zero-order chi connectivity index (χ0) is 18.9. The molecule has 0 unspecified atom stereocenters. The monoisotopic (exact) mass is 350 g/mol. The largest absolute Gasteiger partial charge is 0.444 e. The van der Waals surface area contributed by atoms with E-state index >= 15 is 0 Å². The van der Waals surface area contributed by atoms with Crippen molar-refractivity contribution >= 4 is 12.0 Å². The van der Waals surface area contributed by atoms with Crippen LogP contribution < -0.4 is 10.6 Å². The Hall–Kier alpha value is -2.08. The lowest BCUT2D eigenvalue weighted by Gasteiger charge is -2.23. The first kappa shape index (κ1) is 21.0. The van der Waals surface area contributed by atoms with E-state index in [1.165, 1.54) is 0 Å². The highest BCUT2D eigenvalue weighted by molar-refractivity contribution is 5.85. The van der Waals surface area contributed by atoms with Crippen molar-refractivity contribution < 1.29 is 19.4 Å². The van der Waals surface area contributed by atoms with Gasteiger partial charge in [0.1, 0.15) is 11.6 Å². The minimum atomic E-state index is -0.688. The maximum atomic E-state index is 12.4. The topological polar surface area (TPSA) is 87.7 Å². The molecule has 0 spiro atoms. The third-order valence-corrected chi connectivity index (χ3v) is 3.50. The molecule has 140 valence electrons. The van der Waals surface area contributed by atoms with Crippen LogP contribution in [0.4, 0.5) is 4.79 Å². The van der Waals surface area contributed by atoms with Crippen LogP contribution in [-0.4, -0.2) is 35.4 Å². The minimum absolute atomic E-state index is 0.0597. The highest BCUT2D eigenvalue weighted by atomic mass is 16.6. The second kappa shape index (κ2) is 10.0. The Labute approximate surface area is 150 Å². The van der Waals surface area contributed by atoms with Gasteiger partial charge in [-0.3, -0.25) is 4.79 Å². The summed E-state index contributed by atoms with van der Waals surface area (Å²) in [4.78, 5) is 24.4. The molecule has 0 aliphatic rings. The lowest BCUT2D eigenvalue weighted by Crippen LogP contribution is -2.48. The van der Waals surface area contributed by atoms with Crippen molar-refractivity contribution in [3.8, 4) is 0 Å². The van der Waals surface area contributed by atoms with Crippen molar-refractivity contribution in [2.75, 3.05) is 6.61 Å². The number of carbonyl (C=O) groups is 2. The molecule has 0 aliphatic carbocycles. The predicted molar refractivity (Wildman–Crippen MR) is 97.1 cm³/mol. The van der Waals surface area contributed by atoms with Crippen molar-refractivity contribution in [2.45, 2.75) is 65.1 Å². The maximum absolute atomic E-state index is 12.4. The van der Waals surface area contributed by atoms with E-state index < -0.39 is 17.7 Å². The summed E-state index contributed by atoms with van der Waals surface area (Å²) in [6.45, 7) is 7.76. The van der Waals surface area contributed by atoms with Gasteiger partial charge in [0.2, 0.25) is 5.91 Å². The fourth-order valence-corrected chi connectivity index (χ4v) is 2.20. The van der Waals surface area contributed by atoms with Gasteiger partial charge in [-0.15, -0.1) is 0 Å². The number of ether oxygens (including phenoxy) is 1. The second-order valence-electron chi connectivity index (χ2n) is 7.12. The molecule has 2 amide bonds. The summed E-state index contributed by atoms with van der Waals surface area (Å²) >= 11 is 0. The lowest BCUT2D eigenvalue weighted by molar-refractivity contribution is -0.123. The molecule has 6 nitrogen and oxygen atoms in total. The van der Waals surface area contributed by atoms with Gasteiger partial charge < -0.3 is 20.5 Å². The Morgan fingerprint density at radius 2 is 1.80 bits per heavy atom. The summed E-state index contributed by atoms with van der Waals surface area (Å²) < 4.78 is 5.22. The molecule has 0 fully saturated rings. The molecule has 0 saturated carbocycles. The van der Waals surface area contributed by atoms with Gasteiger partial charge in [-0.2, -0.15) is 0 Å². The summed E-state index contributed by atoms with van der Waals surface area (Å²) in [6.07, 6.45) is 1.04. The average Bonchev–Trinajstić information content (AvgIpc) is 2.51. The summed E-state index contributed by atoms with van der Waals surface area (Å²) in [7, 11) is 0. The quantitative estimate of drug-likeness (QED) is 0.629. The molecule has 25 heavy (non-hydrogen) atoms. The van der Waals surface area contributed by atoms with Gasteiger partial charge in [0.05, 0.1) is 0 Å². The van der Waals surface area contributed by atoms with Crippen LogP contribution in [0.15, 0.2) is 24.3 Å². The summed E-state index contributed by atoms with van der Waals surface area (Å²) in [5.74, 6) is -0.260. The number of aliphatic hydroxyl groups excluding tert-OH is 1. The van der Waals surface area contributed by atoms with E-state index in [2.05, 4.69) is 10.6 Å². The number of aryl methyl sites for hydroxylation is 1. The number of hydrogen-bond acceptors (Lipinski definition) is 4. The van der Waals surface area contributed by atoms with Crippen LogP contribution in [0.3, 0.4) is 0 Å². The number of nitrogens with one attached hydrogen (secondary N) is 2. The molecule has 0 aliphatic heterocycles. The highest BCUT2D eigenvalue weighted by Crippen LogP contribution is 2.09. The van der Waals surface area contributed by atoms with Crippen molar-refractivity contribution in [3.05, 3.63) is 35.4 Å². The number of hydrogen-bond donors (Lipinski definition) is 3. The SMILES string of the molecule is Cc1ccc(CNC(=O)[C@H](CCCCO)NC(=O)OC(C)(C)C)cc1. The number of benzene rings is 1. The van der Waals surface area contributed by atoms with Crippen LogP contribution in [-0.2, 0) is 16.1 Å². The second-order valence-corrected chi connectivity index (χ2v) is 7.12. The fraction of sp³-hybridized carbons (Fsp3) is 0.579. The Balaban J connectivity index is 2.61. The van der Waals surface area contributed by atoms with Crippen molar-refractivity contribution in [2.24, 2.45) is 0 Å². The molecule has 0 heterocycles. The third kappa shape index (κ3) is 9.10. The van der Waals surface area contributed by atoms with Crippen LogP contribution in [0.25, 0.3) is 0 Å². The first-order valence-corrected chi connectivity index (χ1v) is 8.65. The van der Waals surface area contributed by atoms with Crippen LogP contribution in [0.2, 0.25) is 0 Å². The molecular weight excluding hydrogens is 320 g/mol. The fourth-order valence-electron chi connectivity index (χ4n) is 2.20. The number of unbranched alkanes of at least 4 members (excludes halogenated alkanes) is 1. The molecule has 6 heteroatoms. The van der Waals surface area contributed by atoms with Crippen LogP contribution in [0.1, 0.15) is 51.2 Å². The highest BCUT2D eigenvalue weighted by Gasteiger charge is 2.23. The van der Waals surface area contributed by atoms with Gasteiger partial charge in [0.25, 0.3) is 0 Å². The average molecular weight is 350 g/mol. The van der Waals surface area contributed by atoms with Gasteiger partial charge in [-0.05, 0) is 52.5 Å². The Morgan fingerprint density at radius 1 is 1.16 bits per heavy atom. The number of alkyl carbamates (subject to hydrolysis) is 1. The van der Waals surface area contributed by atoms with Crippen molar-refractivity contribution in [3.63, 3.8) is 0 Å². The van der Waals surface area contributed by atoms with Gasteiger partial charge in [0.15, 0.2) is 0 Å². The van der Waals surface area contributed by atoms with E-state index in [4.69, 9.17) is 9.84 Å². The number of amides is 2. The number of carbonyl (C=O) groups excluding carboxylic acids is 2. The van der Waals surface area contributed by atoms with Crippen LogP contribution in [0, 0.1) is 6.92 Å². The Kier molecular flexibility index (Phi) is 8.41. The van der Waals surface area contributed by atoms with E-state index in [9.17, 15) is 9.59 Å². The first-order valence-electron chi connectivity index (χ1n) is 8.65. The molecular formula is C19H30N2O4. The molecule has 1 rings (SSSR count). The van der Waals surface area contributed by atoms with Crippen LogP contribution >= 0.6 is 0 Å². The van der Waals surface area contributed by atoms with E-state index in [1.807, 2.05) is 31.2 Å². The predicted octanol–water partition coefficient (Wildman–Crippen LogP) is 2.67. The van der Waals surface area contributed by atoms with Gasteiger partial charge >= 0.3 is 6.09 Å². The standard InChI is InChI=1S/C19H30N2O4/c1-14-8-10-15(11-9-14)13-20-17(23)16(7-5-6-12-22)21-18(24)25-19(2,3)4/h8-11,16,22H,5-7,12-13H2,1-4H3,(H,20,23)(H,21,24)/t16-/m0/s1. The zero-order valence-corrected chi connectivity index (χ0v) is 15.6. The third-order valence-electron chi connectivity index (χ3n) is 3.50. The van der Waals surface area contributed by atoms with Crippen LogP contribution in [0.5, 0.6) is 0 Å². The smallest absolute Gasteiger partial charge is 0.408 e. The Bertz CT molecular complexity index is 550. The summed E-state index contributed by atoms with van der Waals surface area (Å²) in [5.41, 5.74) is 1.52. The lowest BCUT2D eigenvalue weighted by atomic mass is 10.1. The van der Waals surface area contributed by atoms with Crippen molar-refractivity contribution in [1.29, 1.82) is 0 Å². The molecule has 1 aromatic rings. The molecule has 3 N–H and O–H groups in total. The molecule has 0 radical (unpaired) electrons. The van der Waals surface area contributed by atoms with E-state index in [0.717, 1.165) is 11.1 Å². The first-order chi connectivity index (χ1) is 11.7. The normalized spacial score (nSPS) is 12.4. The molecule has 0 saturated heterocycles. The molecule has 0 bridgehead atoms. The van der Waals surface area contributed by atoms with Gasteiger partial charge in [-0.1, -0.05) is 29.8 Å². The zero-order valence-electron chi connectivity index (χ0n) is 15.6. The molecule has 1 atom stereocenters. The number of aliphatic hydroxyl groups is 1. The minimum Gasteiger partial charge on any atom is -0.444 e. The number of rotatable bonds is 8.